The molecule has 0 N–H and O–H groups in total. The number of ether oxygens (including phenoxy) is 2. The molecule has 1 aromatic rings. The molecule has 1 aromatic carbocycles. The Morgan fingerprint density at radius 1 is 1.29 bits per heavy atom. The van der Waals surface area contributed by atoms with Crippen molar-refractivity contribution in [1.29, 1.82) is 0 Å². The smallest absolute Gasteiger partial charge is 0.135 e. The molecule has 0 aliphatic heterocycles. The lowest BCUT2D eigenvalue weighted by Gasteiger charge is -2.06. The van der Waals surface area contributed by atoms with Gasteiger partial charge in [0.1, 0.15) is 24.4 Å². The second-order valence-corrected chi connectivity index (χ2v) is 3.52. The molecular formula is C15H18O2. The van der Waals surface area contributed by atoms with Crippen molar-refractivity contribution in [2.24, 2.45) is 0 Å². The lowest BCUT2D eigenvalue weighted by atomic mass is 10.3. The zero-order valence-electron chi connectivity index (χ0n) is 10.3. The zero-order valence-corrected chi connectivity index (χ0v) is 10.3. The number of allylic oxidation sites excluding steroid dienone is 2. The molecule has 2 nitrogen and oxygen atoms in total. The van der Waals surface area contributed by atoms with Crippen LogP contribution in [0.1, 0.15) is 13.8 Å². The largest absolute Gasteiger partial charge is 0.493 e. The minimum atomic E-state index is 0.509. The van der Waals surface area contributed by atoms with E-state index in [1.165, 1.54) is 0 Å². The summed E-state index contributed by atoms with van der Waals surface area (Å²) < 4.78 is 10.9. The number of rotatable bonds is 6. The molecule has 0 spiro atoms. The van der Waals surface area contributed by atoms with Gasteiger partial charge >= 0.3 is 0 Å². The van der Waals surface area contributed by atoms with Crippen LogP contribution in [0.3, 0.4) is 0 Å². The van der Waals surface area contributed by atoms with E-state index in [1.807, 2.05) is 50.3 Å². The predicted octanol–water partition coefficient (Wildman–Crippen LogP) is 4.08. The van der Waals surface area contributed by atoms with Crippen molar-refractivity contribution in [2.45, 2.75) is 13.8 Å². The van der Waals surface area contributed by atoms with Crippen LogP contribution in [0, 0.1) is 0 Å². The van der Waals surface area contributed by atoms with Gasteiger partial charge in [-0.15, -0.1) is 0 Å². The van der Waals surface area contributed by atoms with Crippen molar-refractivity contribution < 1.29 is 9.47 Å². The summed E-state index contributed by atoms with van der Waals surface area (Å²) in [5.74, 6) is 1.52. The minimum Gasteiger partial charge on any atom is -0.493 e. The maximum atomic E-state index is 5.55. The Bertz CT molecular complexity index is 402. The van der Waals surface area contributed by atoms with Gasteiger partial charge in [0.15, 0.2) is 0 Å². The van der Waals surface area contributed by atoms with Gasteiger partial charge < -0.3 is 9.47 Å². The van der Waals surface area contributed by atoms with E-state index >= 15 is 0 Å². The molecule has 0 radical (unpaired) electrons. The first kappa shape index (κ1) is 13.1. The topological polar surface area (TPSA) is 18.5 Å². The van der Waals surface area contributed by atoms with E-state index in [4.69, 9.17) is 9.47 Å². The molecule has 0 atom stereocenters. The van der Waals surface area contributed by atoms with Crippen LogP contribution in [-0.2, 0) is 4.74 Å². The fourth-order valence-corrected chi connectivity index (χ4v) is 1.21. The number of hydrogen-bond acceptors (Lipinski definition) is 2. The number of para-hydroxylation sites is 1. The molecule has 0 unspecified atom stereocenters. The van der Waals surface area contributed by atoms with Gasteiger partial charge in [-0.1, -0.05) is 36.9 Å². The summed E-state index contributed by atoms with van der Waals surface area (Å²) in [6.07, 6.45) is 5.36. The van der Waals surface area contributed by atoms with E-state index in [2.05, 4.69) is 6.58 Å². The van der Waals surface area contributed by atoms with Gasteiger partial charge in [-0.25, -0.2) is 0 Å². The van der Waals surface area contributed by atoms with Gasteiger partial charge in [0, 0.05) is 0 Å². The first-order chi connectivity index (χ1) is 8.26. The standard InChI is InChI=1S/C15H18O2/c1-4-14(5-2)12-16-11-13(3)17-15-9-7-6-8-10-15/h4-11H,1,12H2,2-3H3/b13-11+,14-5+. The molecule has 0 heterocycles. The monoisotopic (exact) mass is 230 g/mol. The highest BCUT2D eigenvalue weighted by atomic mass is 16.5. The van der Waals surface area contributed by atoms with E-state index in [-0.39, 0.29) is 0 Å². The van der Waals surface area contributed by atoms with E-state index in [1.54, 1.807) is 12.3 Å². The van der Waals surface area contributed by atoms with Crippen molar-refractivity contribution >= 4 is 0 Å². The lowest BCUT2D eigenvalue weighted by Crippen LogP contribution is -1.95. The van der Waals surface area contributed by atoms with E-state index < -0.39 is 0 Å². The van der Waals surface area contributed by atoms with Crippen molar-refractivity contribution in [3.63, 3.8) is 0 Å². The molecule has 0 amide bonds. The van der Waals surface area contributed by atoms with Gasteiger partial charge in [-0.2, -0.15) is 0 Å². The van der Waals surface area contributed by atoms with Crippen LogP contribution in [-0.4, -0.2) is 6.61 Å². The third-order valence-electron chi connectivity index (χ3n) is 2.15. The molecule has 0 aromatic heterocycles. The highest BCUT2D eigenvalue weighted by Crippen LogP contribution is 2.12. The third kappa shape index (κ3) is 5.07. The molecule has 1 rings (SSSR count). The molecule has 90 valence electrons. The lowest BCUT2D eigenvalue weighted by molar-refractivity contribution is 0.261. The zero-order chi connectivity index (χ0) is 12.5. The van der Waals surface area contributed by atoms with Crippen LogP contribution >= 0.6 is 0 Å². The van der Waals surface area contributed by atoms with Crippen LogP contribution < -0.4 is 4.74 Å². The average molecular weight is 230 g/mol. The van der Waals surface area contributed by atoms with E-state index in [0.29, 0.717) is 6.61 Å². The first-order valence-corrected chi connectivity index (χ1v) is 5.55. The Balaban J connectivity index is 2.43. The molecule has 0 saturated carbocycles. The molecular weight excluding hydrogens is 212 g/mol. The normalized spacial score (nSPS) is 12.1. The summed E-state index contributed by atoms with van der Waals surface area (Å²) in [6.45, 7) is 8.02. The summed E-state index contributed by atoms with van der Waals surface area (Å²) in [7, 11) is 0. The summed E-state index contributed by atoms with van der Waals surface area (Å²) in [6, 6.07) is 9.61. The maximum absolute atomic E-state index is 5.55. The van der Waals surface area contributed by atoms with Crippen molar-refractivity contribution in [3.8, 4) is 5.75 Å². The average Bonchev–Trinajstić information content (AvgIpc) is 2.36. The van der Waals surface area contributed by atoms with Gasteiger partial charge in [0.25, 0.3) is 0 Å². The Hall–Kier alpha value is -1.96. The summed E-state index contributed by atoms with van der Waals surface area (Å²) in [4.78, 5) is 0. The minimum absolute atomic E-state index is 0.509. The van der Waals surface area contributed by atoms with Crippen LogP contribution in [0.2, 0.25) is 0 Å². The van der Waals surface area contributed by atoms with E-state index in [9.17, 15) is 0 Å². The molecule has 0 saturated heterocycles. The second-order valence-electron chi connectivity index (χ2n) is 3.52. The molecule has 0 fully saturated rings. The fourth-order valence-electron chi connectivity index (χ4n) is 1.21. The van der Waals surface area contributed by atoms with Gasteiger partial charge in [0.2, 0.25) is 0 Å². The van der Waals surface area contributed by atoms with Crippen LogP contribution in [0.5, 0.6) is 5.75 Å². The second kappa shape index (κ2) is 7.34. The Morgan fingerprint density at radius 2 is 2.00 bits per heavy atom. The van der Waals surface area contributed by atoms with Crippen LogP contribution in [0.15, 0.2) is 66.7 Å². The molecule has 2 heteroatoms. The Kier molecular flexibility index (Phi) is 5.66. The van der Waals surface area contributed by atoms with E-state index in [0.717, 1.165) is 17.1 Å². The Morgan fingerprint density at radius 3 is 2.59 bits per heavy atom. The number of hydrogen-bond donors (Lipinski definition) is 0. The SMILES string of the molecule is C=C/C(=C\C)CO/C=C(\C)Oc1ccccc1. The molecule has 0 aliphatic carbocycles. The Labute approximate surface area is 103 Å². The van der Waals surface area contributed by atoms with Gasteiger partial charge in [-0.05, 0) is 31.6 Å². The van der Waals surface area contributed by atoms with Crippen molar-refractivity contribution in [1.82, 2.24) is 0 Å². The third-order valence-corrected chi connectivity index (χ3v) is 2.15. The first-order valence-electron chi connectivity index (χ1n) is 5.55. The summed E-state index contributed by atoms with van der Waals surface area (Å²) in [5, 5.41) is 0. The maximum Gasteiger partial charge on any atom is 0.135 e. The molecule has 17 heavy (non-hydrogen) atoms. The predicted molar refractivity (Wildman–Crippen MR) is 70.7 cm³/mol. The summed E-state index contributed by atoms with van der Waals surface area (Å²) in [5.41, 5.74) is 1.05. The highest BCUT2D eigenvalue weighted by Gasteiger charge is 1.94. The van der Waals surface area contributed by atoms with Gasteiger partial charge in [0.05, 0.1) is 0 Å². The number of benzene rings is 1. The molecule has 0 aliphatic rings. The summed E-state index contributed by atoms with van der Waals surface area (Å²) >= 11 is 0. The van der Waals surface area contributed by atoms with Crippen molar-refractivity contribution in [3.05, 3.63) is 66.7 Å². The van der Waals surface area contributed by atoms with Gasteiger partial charge in [-0.3, -0.25) is 0 Å². The van der Waals surface area contributed by atoms with Crippen LogP contribution in [0.25, 0.3) is 0 Å². The molecule has 0 bridgehead atoms. The quantitative estimate of drug-likeness (QED) is 0.541. The highest BCUT2D eigenvalue weighted by molar-refractivity contribution is 5.23. The fraction of sp³-hybridized carbons (Fsp3) is 0.200. The van der Waals surface area contributed by atoms with Crippen LogP contribution in [0.4, 0.5) is 0 Å². The van der Waals surface area contributed by atoms with Crippen molar-refractivity contribution in [2.75, 3.05) is 6.61 Å².